The largest absolute Gasteiger partial charge is 0.145 e. The second-order valence-corrected chi connectivity index (χ2v) is 6.06. The standard InChI is InChI=1S/C13H16S/c1-7-5-4-6-10-11(7)13-9(3)8(2)12(10)14-13/h4-6,8-9,12-13H,1-3H3/t8?,9?,12-,13+/m1/s1. The van der Waals surface area contributed by atoms with Gasteiger partial charge in [0.1, 0.15) is 0 Å². The van der Waals surface area contributed by atoms with E-state index in [9.17, 15) is 0 Å². The highest BCUT2D eigenvalue weighted by Crippen LogP contribution is 2.66. The van der Waals surface area contributed by atoms with Gasteiger partial charge in [-0.05, 0) is 35.4 Å². The van der Waals surface area contributed by atoms with E-state index in [1.54, 1.807) is 11.1 Å². The molecule has 1 heteroatoms. The van der Waals surface area contributed by atoms with Crippen LogP contribution in [0.3, 0.4) is 0 Å². The molecule has 2 unspecified atom stereocenters. The van der Waals surface area contributed by atoms with Crippen LogP contribution in [0.5, 0.6) is 0 Å². The van der Waals surface area contributed by atoms with Crippen molar-refractivity contribution in [3.8, 4) is 0 Å². The monoisotopic (exact) mass is 204 g/mol. The quantitative estimate of drug-likeness (QED) is 0.613. The maximum absolute atomic E-state index is 2.41. The van der Waals surface area contributed by atoms with E-state index in [1.165, 1.54) is 5.56 Å². The summed E-state index contributed by atoms with van der Waals surface area (Å²) in [4.78, 5) is 0. The van der Waals surface area contributed by atoms with E-state index in [-0.39, 0.29) is 0 Å². The molecular weight excluding hydrogens is 188 g/mol. The Morgan fingerprint density at radius 2 is 1.79 bits per heavy atom. The zero-order chi connectivity index (χ0) is 9.87. The van der Waals surface area contributed by atoms with Crippen molar-refractivity contribution in [2.24, 2.45) is 11.8 Å². The van der Waals surface area contributed by atoms with Gasteiger partial charge in [-0.1, -0.05) is 32.0 Å². The van der Waals surface area contributed by atoms with Crippen molar-refractivity contribution < 1.29 is 0 Å². The van der Waals surface area contributed by atoms with Crippen LogP contribution < -0.4 is 0 Å². The van der Waals surface area contributed by atoms with Gasteiger partial charge in [-0.25, -0.2) is 0 Å². The normalized spacial score (nSPS) is 38.8. The average Bonchev–Trinajstić information content (AvgIpc) is 2.67. The highest BCUT2D eigenvalue weighted by molar-refractivity contribution is 8.00. The lowest BCUT2D eigenvalue weighted by atomic mass is 9.76. The van der Waals surface area contributed by atoms with Gasteiger partial charge in [0, 0.05) is 10.5 Å². The topological polar surface area (TPSA) is 0 Å². The second kappa shape index (κ2) is 2.79. The van der Waals surface area contributed by atoms with Gasteiger partial charge in [-0.15, -0.1) is 11.8 Å². The van der Waals surface area contributed by atoms with Crippen LogP contribution in [0.1, 0.15) is 41.0 Å². The predicted molar refractivity (Wildman–Crippen MR) is 62.6 cm³/mol. The summed E-state index contributed by atoms with van der Waals surface area (Å²) < 4.78 is 0. The van der Waals surface area contributed by atoms with Crippen molar-refractivity contribution in [3.05, 3.63) is 34.9 Å². The van der Waals surface area contributed by atoms with E-state index in [0.29, 0.717) is 0 Å². The molecule has 0 aromatic heterocycles. The van der Waals surface area contributed by atoms with E-state index < -0.39 is 0 Å². The number of aryl methyl sites for hydroxylation is 1. The molecule has 74 valence electrons. The van der Waals surface area contributed by atoms with Crippen LogP contribution in [0.15, 0.2) is 18.2 Å². The molecule has 2 heterocycles. The highest BCUT2D eigenvalue weighted by Gasteiger charge is 2.47. The first kappa shape index (κ1) is 8.84. The molecule has 0 radical (unpaired) electrons. The molecule has 1 saturated heterocycles. The minimum atomic E-state index is 0.782. The minimum absolute atomic E-state index is 0.782. The molecule has 3 rings (SSSR count). The number of benzene rings is 1. The molecular formula is C13H16S. The zero-order valence-electron chi connectivity index (χ0n) is 8.95. The van der Waals surface area contributed by atoms with Crippen LogP contribution in [0, 0.1) is 18.8 Å². The van der Waals surface area contributed by atoms with Crippen molar-refractivity contribution in [1.82, 2.24) is 0 Å². The fourth-order valence-corrected chi connectivity index (χ4v) is 5.10. The second-order valence-electron chi connectivity index (χ2n) is 4.77. The zero-order valence-corrected chi connectivity index (χ0v) is 9.77. The summed E-state index contributed by atoms with van der Waals surface area (Å²) in [6.45, 7) is 7.09. The molecule has 4 atom stereocenters. The Hall–Kier alpha value is -0.430. The molecule has 14 heavy (non-hydrogen) atoms. The lowest BCUT2D eigenvalue weighted by molar-refractivity contribution is 0.380. The lowest BCUT2D eigenvalue weighted by Gasteiger charge is -2.26. The number of hydrogen-bond donors (Lipinski definition) is 0. The lowest BCUT2D eigenvalue weighted by Crippen LogP contribution is -2.17. The molecule has 2 bridgehead atoms. The molecule has 1 aromatic rings. The summed E-state index contributed by atoms with van der Waals surface area (Å²) in [5, 5.41) is 1.57. The molecule has 1 fully saturated rings. The Balaban J connectivity index is 2.20. The van der Waals surface area contributed by atoms with Crippen LogP contribution in [-0.2, 0) is 0 Å². The number of fused-ring (bicyclic) bond motifs is 5. The summed E-state index contributed by atoms with van der Waals surface area (Å²) in [7, 11) is 0. The van der Waals surface area contributed by atoms with Crippen molar-refractivity contribution in [1.29, 1.82) is 0 Å². The van der Waals surface area contributed by atoms with Gasteiger partial charge in [-0.3, -0.25) is 0 Å². The van der Waals surface area contributed by atoms with Crippen molar-refractivity contribution in [2.45, 2.75) is 31.3 Å². The number of thioether (sulfide) groups is 1. The van der Waals surface area contributed by atoms with Crippen molar-refractivity contribution in [3.63, 3.8) is 0 Å². The first-order chi connectivity index (χ1) is 6.70. The van der Waals surface area contributed by atoms with Crippen molar-refractivity contribution >= 4 is 11.8 Å². The summed E-state index contributed by atoms with van der Waals surface area (Å²) >= 11 is 2.19. The summed E-state index contributed by atoms with van der Waals surface area (Å²) in [5.74, 6) is 1.72. The molecule has 0 aliphatic carbocycles. The molecule has 0 amide bonds. The molecule has 0 spiro atoms. The van der Waals surface area contributed by atoms with Gasteiger partial charge < -0.3 is 0 Å². The third kappa shape index (κ3) is 0.916. The molecule has 1 aromatic carbocycles. The molecule has 0 nitrogen and oxygen atoms in total. The van der Waals surface area contributed by atoms with Gasteiger partial charge in [0.2, 0.25) is 0 Å². The van der Waals surface area contributed by atoms with Crippen LogP contribution in [0.2, 0.25) is 0 Å². The third-order valence-electron chi connectivity index (χ3n) is 4.03. The summed E-state index contributed by atoms with van der Waals surface area (Å²) in [6.07, 6.45) is 0. The fraction of sp³-hybridized carbons (Fsp3) is 0.538. The Morgan fingerprint density at radius 1 is 1.07 bits per heavy atom. The Morgan fingerprint density at radius 3 is 2.57 bits per heavy atom. The summed E-state index contributed by atoms with van der Waals surface area (Å²) in [5.41, 5.74) is 4.79. The molecule has 0 saturated carbocycles. The molecule has 0 N–H and O–H groups in total. The van der Waals surface area contributed by atoms with Crippen molar-refractivity contribution in [2.75, 3.05) is 0 Å². The first-order valence-corrected chi connectivity index (χ1v) is 6.39. The van der Waals surface area contributed by atoms with Gasteiger partial charge in [0.15, 0.2) is 0 Å². The average molecular weight is 204 g/mol. The number of hydrogen-bond acceptors (Lipinski definition) is 1. The van der Waals surface area contributed by atoms with Gasteiger partial charge in [-0.2, -0.15) is 0 Å². The Bertz CT molecular complexity index is 383. The molecule has 2 aliphatic rings. The maximum Gasteiger partial charge on any atom is 0.0337 e. The molecule has 2 aliphatic heterocycles. The van der Waals surface area contributed by atoms with Crippen LogP contribution in [0.4, 0.5) is 0 Å². The van der Waals surface area contributed by atoms with Crippen LogP contribution >= 0.6 is 11.8 Å². The van der Waals surface area contributed by atoms with Gasteiger partial charge in [0.25, 0.3) is 0 Å². The van der Waals surface area contributed by atoms with E-state index in [1.807, 2.05) is 0 Å². The first-order valence-electron chi connectivity index (χ1n) is 5.45. The SMILES string of the molecule is Cc1cccc2c1[C@H]1S[C@@H]2C(C)C1C. The van der Waals surface area contributed by atoms with E-state index >= 15 is 0 Å². The predicted octanol–water partition coefficient (Wildman–Crippen LogP) is 4.11. The maximum atomic E-state index is 2.41. The summed E-state index contributed by atoms with van der Waals surface area (Å²) in [6, 6.07) is 6.81. The third-order valence-corrected chi connectivity index (χ3v) is 5.96. The fourth-order valence-electron chi connectivity index (χ4n) is 2.98. The minimum Gasteiger partial charge on any atom is -0.145 e. The Labute approximate surface area is 90.1 Å². The van der Waals surface area contributed by atoms with Crippen LogP contribution in [-0.4, -0.2) is 0 Å². The highest BCUT2D eigenvalue weighted by atomic mass is 32.2. The number of rotatable bonds is 0. The van der Waals surface area contributed by atoms with Gasteiger partial charge >= 0.3 is 0 Å². The Kier molecular flexibility index (Phi) is 1.76. The van der Waals surface area contributed by atoms with E-state index in [4.69, 9.17) is 0 Å². The van der Waals surface area contributed by atoms with E-state index in [0.717, 1.165) is 22.3 Å². The van der Waals surface area contributed by atoms with Crippen LogP contribution in [0.25, 0.3) is 0 Å². The van der Waals surface area contributed by atoms with Gasteiger partial charge in [0.05, 0.1) is 0 Å². The van der Waals surface area contributed by atoms with E-state index in [2.05, 4.69) is 50.7 Å². The smallest absolute Gasteiger partial charge is 0.0337 e.